The summed E-state index contributed by atoms with van der Waals surface area (Å²) >= 11 is 8.97. The lowest BCUT2D eigenvalue weighted by atomic mass is 10.2. The van der Waals surface area contributed by atoms with Crippen LogP contribution in [0.3, 0.4) is 0 Å². The normalized spacial score (nSPS) is 10.1. The summed E-state index contributed by atoms with van der Waals surface area (Å²) in [5.74, 6) is -0.358. The fraction of sp³-hybridized carbons (Fsp3) is 0. The summed E-state index contributed by atoms with van der Waals surface area (Å²) < 4.78 is 0.771. The van der Waals surface area contributed by atoms with Crippen LogP contribution in [0.2, 0.25) is 5.02 Å². The molecule has 5 nitrogen and oxygen atoms in total. The molecule has 2 rings (SSSR count). The van der Waals surface area contributed by atoms with Crippen LogP contribution in [-0.2, 0) is 0 Å². The van der Waals surface area contributed by atoms with E-state index in [4.69, 9.17) is 11.6 Å². The maximum Gasteiger partial charge on any atom is 0.289 e. The standard InChI is InChI=1S/C13H8BrClN2O3/c14-9-3-1-2-8(6-9)13(18)16-10-4-5-11(15)12(7-10)17(19)20/h1-7H,(H,16,18). The van der Waals surface area contributed by atoms with E-state index < -0.39 is 4.92 Å². The summed E-state index contributed by atoms with van der Waals surface area (Å²) in [5.41, 5.74) is 0.502. The van der Waals surface area contributed by atoms with Crippen molar-refractivity contribution in [2.24, 2.45) is 0 Å². The second-order valence-electron chi connectivity index (χ2n) is 3.89. The number of nitro benzene ring substituents is 1. The van der Waals surface area contributed by atoms with Crippen molar-refractivity contribution >= 4 is 44.8 Å². The van der Waals surface area contributed by atoms with Crippen LogP contribution in [0.25, 0.3) is 0 Å². The van der Waals surface area contributed by atoms with Gasteiger partial charge in [0.15, 0.2) is 0 Å². The van der Waals surface area contributed by atoms with Gasteiger partial charge in [-0.2, -0.15) is 0 Å². The molecule has 0 unspecified atom stereocenters. The predicted octanol–water partition coefficient (Wildman–Crippen LogP) is 4.26. The highest BCUT2D eigenvalue weighted by molar-refractivity contribution is 9.10. The molecule has 0 saturated heterocycles. The summed E-state index contributed by atoms with van der Waals surface area (Å²) in [6.07, 6.45) is 0. The Hall–Kier alpha value is -1.92. The number of carbonyl (C=O) groups is 1. The molecule has 0 fully saturated rings. The third-order valence-corrected chi connectivity index (χ3v) is 3.30. The van der Waals surface area contributed by atoms with Gasteiger partial charge in [-0.05, 0) is 30.3 Å². The highest BCUT2D eigenvalue weighted by Gasteiger charge is 2.14. The van der Waals surface area contributed by atoms with Gasteiger partial charge in [-0.15, -0.1) is 0 Å². The van der Waals surface area contributed by atoms with E-state index in [0.29, 0.717) is 11.3 Å². The number of hydrogen-bond donors (Lipinski definition) is 1. The van der Waals surface area contributed by atoms with Gasteiger partial charge in [0.25, 0.3) is 11.6 Å². The highest BCUT2D eigenvalue weighted by atomic mass is 79.9. The fourth-order valence-electron chi connectivity index (χ4n) is 1.56. The molecule has 0 spiro atoms. The van der Waals surface area contributed by atoms with Crippen LogP contribution in [0.15, 0.2) is 46.9 Å². The van der Waals surface area contributed by atoms with E-state index in [9.17, 15) is 14.9 Å². The third kappa shape index (κ3) is 3.34. The molecule has 102 valence electrons. The Morgan fingerprint density at radius 3 is 2.65 bits per heavy atom. The van der Waals surface area contributed by atoms with Crippen LogP contribution in [0.5, 0.6) is 0 Å². The van der Waals surface area contributed by atoms with Gasteiger partial charge in [-0.25, -0.2) is 0 Å². The zero-order valence-electron chi connectivity index (χ0n) is 9.97. The summed E-state index contributed by atoms with van der Waals surface area (Å²) in [7, 11) is 0. The van der Waals surface area contributed by atoms with Gasteiger partial charge in [0.05, 0.1) is 4.92 Å². The van der Waals surface area contributed by atoms with Crippen LogP contribution in [0.1, 0.15) is 10.4 Å². The minimum absolute atomic E-state index is 0.0236. The smallest absolute Gasteiger partial charge is 0.289 e. The number of benzene rings is 2. The number of halogens is 2. The lowest BCUT2D eigenvalue weighted by Crippen LogP contribution is -2.11. The van der Waals surface area contributed by atoms with Crippen molar-refractivity contribution in [1.29, 1.82) is 0 Å². The quantitative estimate of drug-likeness (QED) is 0.660. The first-order valence-electron chi connectivity index (χ1n) is 5.48. The maximum absolute atomic E-state index is 12.0. The number of nitro groups is 1. The number of amides is 1. The number of nitrogens with zero attached hydrogens (tertiary/aromatic N) is 1. The lowest BCUT2D eigenvalue weighted by molar-refractivity contribution is -0.384. The number of hydrogen-bond acceptors (Lipinski definition) is 3. The van der Waals surface area contributed by atoms with E-state index in [1.807, 2.05) is 0 Å². The lowest BCUT2D eigenvalue weighted by Gasteiger charge is -2.06. The van der Waals surface area contributed by atoms with Gasteiger partial charge >= 0.3 is 0 Å². The van der Waals surface area contributed by atoms with E-state index in [-0.39, 0.29) is 16.6 Å². The Bertz CT molecular complexity index is 691. The molecule has 1 amide bonds. The first kappa shape index (κ1) is 14.5. The van der Waals surface area contributed by atoms with Gasteiger partial charge in [0.2, 0.25) is 0 Å². The second-order valence-corrected chi connectivity index (χ2v) is 5.21. The second kappa shape index (κ2) is 6.02. The first-order chi connectivity index (χ1) is 9.47. The van der Waals surface area contributed by atoms with Crippen LogP contribution in [0, 0.1) is 10.1 Å². The minimum Gasteiger partial charge on any atom is -0.322 e. The van der Waals surface area contributed by atoms with E-state index in [1.54, 1.807) is 24.3 Å². The summed E-state index contributed by atoms with van der Waals surface area (Å²) in [6, 6.07) is 10.9. The van der Waals surface area contributed by atoms with E-state index in [1.165, 1.54) is 18.2 Å². The Kier molecular flexibility index (Phi) is 4.36. The van der Waals surface area contributed by atoms with Crippen molar-refractivity contribution in [2.75, 3.05) is 5.32 Å². The summed E-state index contributed by atoms with van der Waals surface area (Å²) in [5, 5.41) is 13.4. The van der Waals surface area contributed by atoms with Crippen LogP contribution in [0.4, 0.5) is 11.4 Å². The van der Waals surface area contributed by atoms with Gasteiger partial charge in [0.1, 0.15) is 5.02 Å². The van der Waals surface area contributed by atoms with Gasteiger partial charge in [0, 0.05) is 21.8 Å². The highest BCUT2D eigenvalue weighted by Crippen LogP contribution is 2.27. The Labute approximate surface area is 127 Å². The molecular weight excluding hydrogens is 348 g/mol. The Morgan fingerprint density at radius 2 is 2.00 bits per heavy atom. The first-order valence-corrected chi connectivity index (χ1v) is 6.65. The fourth-order valence-corrected chi connectivity index (χ4v) is 2.15. The molecule has 0 bridgehead atoms. The SMILES string of the molecule is O=C(Nc1ccc(Cl)c([N+](=O)[O-])c1)c1cccc(Br)c1. The zero-order chi connectivity index (χ0) is 14.7. The molecule has 0 aliphatic heterocycles. The van der Waals surface area contributed by atoms with Crippen molar-refractivity contribution in [1.82, 2.24) is 0 Å². The molecule has 0 saturated carbocycles. The summed E-state index contributed by atoms with van der Waals surface area (Å²) in [6.45, 7) is 0. The molecule has 0 radical (unpaired) electrons. The van der Waals surface area contributed by atoms with Crippen LogP contribution in [-0.4, -0.2) is 10.8 Å². The Balaban J connectivity index is 2.24. The van der Waals surface area contributed by atoms with E-state index in [2.05, 4.69) is 21.2 Å². The third-order valence-electron chi connectivity index (χ3n) is 2.49. The average molecular weight is 356 g/mol. The predicted molar refractivity (Wildman–Crippen MR) is 80.2 cm³/mol. The molecule has 0 aliphatic rings. The average Bonchev–Trinajstić information content (AvgIpc) is 2.40. The van der Waals surface area contributed by atoms with Crippen molar-refractivity contribution in [3.8, 4) is 0 Å². The van der Waals surface area contributed by atoms with Crippen molar-refractivity contribution < 1.29 is 9.72 Å². The Morgan fingerprint density at radius 1 is 1.25 bits per heavy atom. The molecule has 0 atom stereocenters. The minimum atomic E-state index is -0.600. The molecule has 7 heteroatoms. The molecule has 0 aliphatic carbocycles. The molecular formula is C13H8BrClN2O3. The van der Waals surface area contributed by atoms with E-state index in [0.717, 1.165) is 4.47 Å². The zero-order valence-corrected chi connectivity index (χ0v) is 12.3. The molecule has 2 aromatic rings. The molecule has 20 heavy (non-hydrogen) atoms. The van der Waals surface area contributed by atoms with Gasteiger partial charge < -0.3 is 5.32 Å². The largest absolute Gasteiger partial charge is 0.322 e. The summed E-state index contributed by atoms with van der Waals surface area (Å²) in [4.78, 5) is 22.2. The molecule has 2 aromatic carbocycles. The molecule has 0 aromatic heterocycles. The van der Waals surface area contributed by atoms with Gasteiger partial charge in [-0.1, -0.05) is 33.6 Å². The van der Waals surface area contributed by atoms with Crippen molar-refractivity contribution in [3.05, 3.63) is 67.6 Å². The molecule has 1 N–H and O–H groups in total. The topological polar surface area (TPSA) is 72.2 Å². The maximum atomic E-state index is 12.0. The number of nitrogens with one attached hydrogen (secondary N) is 1. The van der Waals surface area contributed by atoms with Crippen molar-refractivity contribution in [2.45, 2.75) is 0 Å². The van der Waals surface area contributed by atoms with E-state index >= 15 is 0 Å². The van der Waals surface area contributed by atoms with Crippen molar-refractivity contribution in [3.63, 3.8) is 0 Å². The van der Waals surface area contributed by atoms with Crippen LogP contribution < -0.4 is 5.32 Å². The number of anilines is 1. The van der Waals surface area contributed by atoms with Gasteiger partial charge in [-0.3, -0.25) is 14.9 Å². The number of carbonyl (C=O) groups excluding carboxylic acids is 1. The monoisotopic (exact) mass is 354 g/mol. The number of rotatable bonds is 3. The molecule has 0 heterocycles. The van der Waals surface area contributed by atoms with Crippen LogP contribution >= 0.6 is 27.5 Å².